The molecule has 1 amide bonds. The summed E-state index contributed by atoms with van der Waals surface area (Å²) >= 11 is 3.47. The molecule has 0 saturated heterocycles. The number of hydrogen-bond donors (Lipinski definition) is 1. The standard InChI is InChI=1S/C19H20BrN3O4/c1-12(13-3-6-18(27-2)16(20)10-13)21-11-19(24)22-8-7-14-9-15(23(25)26)4-5-17(14)22/h3-6,9-10,12,21H,7-8,11H2,1-2H3. The van der Waals surface area contributed by atoms with Crippen LogP contribution in [0.3, 0.4) is 0 Å². The Labute approximate surface area is 165 Å². The van der Waals surface area contributed by atoms with Crippen LogP contribution in [-0.4, -0.2) is 31.0 Å². The summed E-state index contributed by atoms with van der Waals surface area (Å²) < 4.78 is 6.09. The predicted molar refractivity (Wildman–Crippen MR) is 106 cm³/mol. The molecular weight excluding hydrogens is 414 g/mol. The van der Waals surface area contributed by atoms with Crippen LogP contribution in [0.4, 0.5) is 11.4 Å². The Morgan fingerprint density at radius 2 is 2.15 bits per heavy atom. The Morgan fingerprint density at radius 1 is 1.37 bits per heavy atom. The normalized spacial score (nSPS) is 14.0. The van der Waals surface area contributed by atoms with Crippen molar-refractivity contribution in [1.82, 2.24) is 5.32 Å². The monoisotopic (exact) mass is 433 g/mol. The number of nitro groups is 1. The van der Waals surface area contributed by atoms with Crippen molar-refractivity contribution in [2.75, 3.05) is 25.1 Å². The van der Waals surface area contributed by atoms with E-state index in [1.165, 1.54) is 6.07 Å². The zero-order chi connectivity index (χ0) is 19.6. The van der Waals surface area contributed by atoms with Gasteiger partial charge in [0.25, 0.3) is 5.69 Å². The third kappa shape index (κ3) is 4.12. The highest BCUT2D eigenvalue weighted by Gasteiger charge is 2.26. The number of anilines is 1. The highest BCUT2D eigenvalue weighted by Crippen LogP contribution is 2.31. The van der Waals surface area contributed by atoms with Crippen LogP contribution in [0.15, 0.2) is 40.9 Å². The van der Waals surface area contributed by atoms with Gasteiger partial charge in [0, 0.05) is 30.4 Å². The van der Waals surface area contributed by atoms with E-state index in [4.69, 9.17) is 4.74 Å². The first kappa shape index (κ1) is 19.3. The van der Waals surface area contributed by atoms with Crippen LogP contribution in [0.1, 0.15) is 24.1 Å². The van der Waals surface area contributed by atoms with Gasteiger partial charge in [0.05, 0.1) is 23.1 Å². The number of carbonyl (C=O) groups excluding carboxylic acids is 1. The Hall–Kier alpha value is -2.45. The molecular formula is C19H20BrN3O4. The van der Waals surface area contributed by atoms with Crippen molar-refractivity contribution in [3.05, 3.63) is 62.1 Å². The van der Waals surface area contributed by atoms with Crippen LogP contribution in [0.5, 0.6) is 5.75 Å². The van der Waals surface area contributed by atoms with Gasteiger partial charge in [-0.3, -0.25) is 14.9 Å². The van der Waals surface area contributed by atoms with Gasteiger partial charge in [0.2, 0.25) is 5.91 Å². The zero-order valence-corrected chi connectivity index (χ0v) is 16.7. The van der Waals surface area contributed by atoms with Gasteiger partial charge in [-0.2, -0.15) is 0 Å². The van der Waals surface area contributed by atoms with Crippen LogP contribution >= 0.6 is 15.9 Å². The highest BCUT2D eigenvalue weighted by atomic mass is 79.9. The molecule has 0 aromatic heterocycles. The lowest BCUT2D eigenvalue weighted by Crippen LogP contribution is -2.38. The lowest BCUT2D eigenvalue weighted by atomic mass is 10.1. The average Bonchev–Trinajstić information content (AvgIpc) is 3.09. The van der Waals surface area contributed by atoms with Crippen molar-refractivity contribution in [1.29, 1.82) is 0 Å². The summed E-state index contributed by atoms with van der Waals surface area (Å²) in [5.41, 5.74) is 2.68. The number of nitro benzene ring substituents is 1. The first-order valence-electron chi connectivity index (χ1n) is 8.55. The van der Waals surface area contributed by atoms with E-state index >= 15 is 0 Å². The summed E-state index contributed by atoms with van der Waals surface area (Å²) in [6, 6.07) is 10.4. The molecule has 0 fully saturated rings. The van der Waals surface area contributed by atoms with Crippen LogP contribution in [0, 0.1) is 10.1 Å². The van der Waals surface area contributed by atoms with Crippen LogP contribution in [0.25, 0.3) is 0 Å². The Bertz CT molecular complexity index is 887. The summed E-state index contributed by atoms with van der Waals surface area (Å²) in [7, 11) is 1.61. The topological polar surface area (TPSA) is 84.7 Å². The number of fused-ring (bicyclic) bond motifs is 1. The van der Waals surface area contributed by atoms with E-state index in [9.17, 15) is 14.9 Å². The number of halogens is 1. The van der Waals surface area contributed by atoms with Gasteiger partial charge in [-0.1, -0.05) is 6.07 Å². The van der Waals surface area contributed by atoms with Gasteiger partial charge in [-0.25, -0.2) is 0 Å². The fourth-order valence-corrected chi connectivity index (χ4v) is 3.72. The third-order valence-corrected chi connectivity index (χ3v) is 5.33. The van der Waals surface area contributed by atoms with Crippen molar-refractivity contribution < 1.29 is 14.5 Å². The van der Waals surface area contributed by atoms with E-state index in [0.717, 1.165) is 27.0 Å². The van der Waals surface area contributed by atoms with Crippen molar-refractivity contribution in [2.24, 2.45) is 0 Å². The highest BCUT2D eigenvalue weighted by molar-refractivity contribution is 9.10. The number of ether oxygens (including phenoxy) is 1. The molecule has 7 nitrogen and oxygen atoms in total. The van der Waals surface area contributed by atoms with Gasteiger partial charge in [0.15, 0.2) is 0 Å². The molecule has 1 N–H and O–H groups in total. The average molecular weight is 434 g/mol. The molecule has 0 aliphatic carbocycles. The molecule has 1 heterocycles. The summed E-state index contributed by atoms with van der Waals surface area (Å²) in [6.45, 7) is 2.71. The minimum absolute atomic E-state index is 0.0184. The molecule has 2 aromatic carbocycles. The summed E-state index contributed by atoms with van der Waals surface area (Å²) in [6.07, 6.45) is 0.629. The summed E-state index contributed by atoms with van der Waals surface area (Å²) in [5, 5.41) is 14.1. The maximum atomic E-state index is 12.6. The summed E-state index contributed by atoms with van der Waals surface area (Å²) in [4.78, 5) is 24.8. The molecule has 27 heavy (non-hydrogen) atoms. The molecule has 1 atom stereocenters. The van der Waals surface area contributed by atoms with Gasteiger partial charge in [0.1, 0.15) is 5.75 Å². The van der Waals surface area contributed by atoms with E-state index in [1.54, 1.807) is 24.1 Å². The lowest BCUT2D eigenvalue weighted by molar-refractivity contribution is -0.384. The number of amides is 1. The number of benzene rings is 2. The number of hydrogen-bond acceptors (Lipinski definition) is 5. The fraction of sp³-hybridized carbons (Fsp3) is 0.316. The second kappa shape index (κ2) is 8.06. The number of rotatable bonds is 6. The van der Waals surface area contributed by atoms with Crippen molar-refractivity contribution >= 4 is 33.2 Å². The number of nitrogens with zero attached hydrogens (tertiary/aromatic N) is 2. The van der Waals surface area contributed by atoms with Crippen LogP contribution in [-0.2, 0) is 11.2 Å². The Balaban J connectivity index is 1.64. The lowest BCUT2D eigenvalue weighted by Gasteiger charge is -2.20. The molecule has 1 aliphatic rings. The second-order valence-electron chi connectivity index (χ2n) is 6.36. The molecule has 8 heteroatoms. The van der Waals surface area contributed by atoms with E-state index in [-0.39, 0.29) is 24.2 Å². The van der Waals surface area contributed by atoms with Crippen molar-refractivity contribution in [3.63, 3.8) is 0 Å². The second-order valence-corrected chi connectivity index (χ2v) is 7.22. The smallest absolute Gasteiger partial charge is 0.269 e. The molecule has 3 rings (SSSR count). The number of non-ortho nitro benzene ring substituents is 1. The van der Waals surface area contributed by atoms with E-state index in [1.807, 2.05) is 25.1 Å². The predicted octanol–water partition coefficient (Wildman–Crippen LogP) is 3.61. The zero-order valence-electron chi connectivity index (χ0n) is 15.1. The van der Waals surface area contributed by atoms with Crippen LogP contribution < -0.4 is 15.0 Å². The fourth-order valence-electron chi connectivity index (χ4n) is 3.17. The first-order chi connectivity index (χ1) is 12.9. The van der Waals surface area contributed by atoms with E-state index in [2.05, 4.69) is 21.2 Å². The van der Waals surface area contributed by atoms with Crippen molar-refractivity contribution in [2.45, 2.75) is 19.4 Å². The van der Waals surface area contributed by atoms with E-state index in [0.29, 0.717) is 13.0 Å². The van der Waals surface area contributed by atoms with Crippen LogP contribution in [0.2, 0.25) is 0 Å². The largest absolute Gasteiger partial charge is 0.496 e. The number of nitrogens with one attached hydrogen (secondary N) is 1. The Kier molecular flexibility index (Phi) is 5.76. The maximum absolute atomic E-state index is 12.6. The SMILES string of the molecule is COc1ccc(C(C)NCC(=O)N2CCc3cc([N+](=O)[O-])ccc32)cc1Br. The third-order valence-electron chi connectivity index (χ3n) is 4.71. The molecule has 0 spiro atoms. The molecule has 2 aromatic rings. The quantitative estimate of drug-likeness (QED) is 0.555. The van der Waals surface area contributed by atoms with Gasteiger partial charge in [-0.05, 0) is 58.6 Å². The Morgan fingerprint density at radius 3 is 2.81 bits per heavy atom. The molecule has 0 bridgehead atoms. The van der Waals surface area contributed by atoms with Gasteiger partial charge in [-0.15, -0.1) is 0 Å². The molecule has 142 valence electrons. The molecule has 0 saturated carbocycles. The first-order valence-corrected chi connectivity index (χ1v) is 9.34. The maximum Gasteiger partial charge on any atom is 0.269 e. The number of methoxy groups -OCH3 is 1. The van der Waals surface area contributed by atoms with Gasteiger partial charge < -0.3 is 15.0 Å². The molecule has 1 unspecified atom stereocenters. The van der Waals surface area contributed by atoms with Gasteiger partial charge >= 0.3 is 0 Å². The van der Waals surface area contributed by atoms with Crippen molar-refractivity contribution in [3.8, 4) is 5.75 Å². The molecule has 1 aliphatic heterocycles. The van der Waals surface area contributed by atoms with E-state index < -0.39 is 4.92 Å². The minimum atomic E-state index is -0.416. The minimum Gasteiger partial charge on any atom is -0.496 e. The molecule has 0 radical (unpaired) electrons. The number of carbonyl (C=O) groups is 1. The summed E-state index contributed by atoms with van der Waals surface area (Å²) in [5.74, 6) is 0.701.